The molecule has 0 spiro atoms. The Kier molecular flexibility index (Phi) is 4.04. The minimum Gasteiger partial charge on any atom is -0.399 e. The van der Waals surface area contributed by atoms with E-state index in [1.807, 2.05) is 0 Å². The number of hydrogen-bond acceptors (Lipinski definition) is 2. The zero-order chi connectivity index (χ0) is 14.9. The van der Waals surface area contributed by atoms with Gasteiger partial charge in [-0.05, 0) is 52.7 Å². The first kappa shape index (κ1) is 14.5. The molecule has 0 aromatic heterocycles. The van der Waals surface area contributed by atoms with E-state index >= 15 is 0 Å². The molecule has 6 heteroatoms. The second-order valence-corrected chi connectivity index (χ2v) is 5.13. The molecule has 0 bridgehead atoms. The summed E-state index contributed by atoms with van der Waals surface area (Å²) in [6.07, 6.45) is 0. The van der Waals surface area contributed by atoms with Crippen LogP contribution in [0.25, 0.3) is 0 Å². The lowest BCUT2D eigenvalue weighted by Crippen LogP contribution is -2.15. The van der Waals surface area contributed by atoms with Crippen LogP contribution in [0.5, 0.6) is 0 Å². The van der Waals surface area contributed by atoms with Gasteiger partial charge in [0, 0.05) is 21.8 Å². The normalized spacial score (nSPS) is 10.4. The molecule has 0 unspecified atom stereocenters. The molecule has 0 saturated carbocycles. The Labute approximate surface area is 122 Å². The summed E-state index contributed by atoms with van der Waals surface area (Å²) in [5, 5.41) is 2.41. The molecule has 3 nitrogen and oxygen atoms in total. The van der Waals surface area contributed by atoms with Crippen molar-refractivity contribution >= 4 is 33.2 Å². The van der Waals surface area contributed by atoms with E-state index in [0.29, 0.717) is 22.9 Å². The number of nitrogen functional groups attached to an aromatic ring is 1. The maximum Gasteiger partial charge on any atom is 0.256 e. The summed E-state index contributed by atoms with van der Waals surface area (Å²) < 4.78 is 26.8. The number of anilines is 2. The zero-order valence-electron chi connectivity index (χ0n) is 10.5. The number of amides is 1. The van der Waals surface area contributed by atoms with Crippen LogP contribution < -0.4 is 11.1 Å². The molecule has 2 rings (SSSR count). The average Bonchev–Trinajstić information content (AvgIpc) is 2.33. The van der Waals surface area contributed by atoms with Gasteiger partial charge in [-0.1, -0.05) is 0 Å². The van der Waals surface area contributed by atoms with Crippen LogP contribution in [0.3, 0.4) is 0 Å². The lowest BCUT2D eigenvalue weighted by atomic mass is 10.1. The minimum absolute atomic E-state index is 0.104. The van der Waals surface area contributed by atoms with Crippen LogP contribution in [0.4, 0.5) is 20.2 Å². The first-order valence-corrected chi connectivity index (χ1v) is 6.50. The average molecular weight is 341 g/mol. The number of aryl methyl sites for hydroxylation is 1. The smallest absolute Gasteiger partial charge is 0.256 e. The maximum atomic E-state index is 13.6. The summed E-state index contributed by atoms with van der Waals surface area (Å²) >= 11 is 3.01. The van der Waals surface area contributed by atoms with Crippen molar-refractivity contribution in [3.63, 3.8) is 0 Å². The van der Waals surface area contributed by atoms with Crippen LogP contribution in [0, 0.1) is 18.6 Å². The third kappa shape index (κ3) is 2.96. The summed E-state index contributed by atoms with van der Waals surface area (Å²) in [6.45, 7) is 1.72. The van der Waals surface area contributed by atoms with Crippen molar-refractivity contribution in [2.75, 3.05) is 11.1 Å². The van der Waals surface area contributed by atoms with E-state index in [9.17, 15) is 13.6 Å². The van der Waals surface area contributed by atoms with Gasteiger partial charge in [0.05, 0.1) is 5.69 Å². The van der Waals surface area contributed by atoms with E-state index in [-0.39, 0.29) is 10.2 Å². The Morgan fingerprint density at radius 2 is 1.95 bits per heavy atom. The van der Waals surface area contributed by atoms with Gasteiger partial charge in [0.1, 0.15) is 5.82 Å². The monoisotopic (exact) mass is 340 g/mol. The van der Waals surface area contributed by atoms with Crippen molar-refractivity contribution in [2.24, 2.45) is 0 Å². The van der Waals surface area contributed by atoms with Crippen LogP contribution in [0.1, 0.15) is 15.9 Å². The molecule has 0 aliphatic rings. The summed E-state index contributed by atoms with van der Waals surface area (Å²) in [5.41, 5.74) is 7.07. The summed E-state index contributed by atoms with van der Waals surface area (Å²) in [7, 11) is 0. The molecule has 0 saturated heterocycles. The van der Waals surface area contributed by atoms with Crippen molar-refractivity contribution < 1.29 is 13.6 Å². The van der Waals surface area contributed by atoms with E-state index in [1.165, 1.54) is 0 Å². The Bertz CT molecular complexity index is 666. The van der Waals surface area contributed by atoms with Crippen LogP contribution >= 0.6 is 15.9 Å². The highest BCUT2D eigenvalue weighted by Gasteiger charge is 2.15. The molecule has 1 amide bonds. The lowest BCUT2D eigenvalue weighted by molar-refractivity contribution is 0.102. The number of rotatable bonds is 2. The summed E-state index contributed by atoms with van der Waals surface area (Å²) in [4.78, 5) is 12.1. The van der Waals surface area contributed by atoms with E-state index in [2.05, 4.69) is 21.2 Å². The summed E-state index contributed by atoms with van der Waals surface area (Å²) in [5.74, 6) is -2.07. The first-order valence-electron chi connectivity index (χ1n) is 5.70. The van der Waals surface area contributed by atoms with Crippen molar-refractivity contribution in [1.29, 1.82) is 0 Å². The standard InChI is InChI=1S/C14H11BrF2N2O/c1-7-4-9(18)2-3-10(7)14(20)19-13-11(15)5-8(16)6-12(13)17/h2-6H,18H2,1H3,(H,19,20). The lowest BCUT2D eigenvalue weighted by Gasteiger charge is -2.11. The molecular weight excluding hydrogens is 330 g/mol. The van der Waals surface area contributed by atoms with Crippen molar-refractivity contribution in [1.82, 2.24) is 0 Å². The Balaban J connectivity index is 2.33. The fourth-order valence-electron chi connectivity index (χ4n) is 1.78. The van der Waals surface area contributed by atoms with Gasteiger partial charge in [0.15, 0.2) is 5.82 Å². The summed E-state index contributed by atoms with van der Waals surface area (Å²) in [6, 6.07) is 6.56. The molecule has 3 N–H and O–H groups in total. The highest BCUT2D eigenvalue weighted by molar-refractivity contribution is 9.10. The minimum atomic E-state index is -0.849. The molecule has 0 atom stereocenters. The molecule has 0 heterocycles. The van der Waals surface area contributed by atoms with Crippen molar-refractivity contribution in [3.05, 3.63) is 57.6 Å². The molecule has 0 fully saturated rings. The largest absolute Gasteiger partial charge is 0.399 e. The molecule has 20 heavy (non-hydrogen) atoms. The van der Waals surface area contributed by atoms with Crippen LogP contribution in [-0.4, -0.2) is 5.91 Å². The molecule has 104 valence electrons. The molecule has 2 aromatic carbocycles. The van der Waals surface area contributed by atoms with E-state index < -0.39 is 17.5 Å². The quantitative estimate of drug-likeness (QED) is 0.815. The zero-order valence-corrected chi connectivity index (χ0v) is 12.1. The number of hydrogen-bond donors (Lipinski definition) is 2. The SMILES string of the molecule is Cc1cc(N)ccc1C(=O)Nc1c(F)cc(F)cc1Br. The van der Waals surface area contributed by atoms with E-state index in [4.69, 9.17) is 5.73 Å². The van der Waals surface area contributed by atoms with E-state index in [0.717, 1.165) is 6.07 Å². The third-order valence-electron chi connectivity index (χ3n) is 2.74. The van der Waals surface area contributed by atoms with E-state index in [1.54, 1.807) is 25.1 Å². The van der Waals surface area contributed by atoms with Gasteiger partial charge in [-0.3, -0.25) is 4.79 Å². The van der Waals surface area contributed by atoms with Crippen molar-refractivity contribution in [3.8, 4) is 0 Å². The fourth-order valence-corrected chi connectivity index (χ4v) is 2.29. The number of halogens is 3. The van der Waals surface area contributed by atoms with Crippen LogP contribution in [0.2, 0.25) is 0 Å². The Morgan fingerprint density at radius 3 is 2.55 bits per heavy atom. The second kappa shape index (κ2) is 5.58. The predicted octanol–water partition coefficient (Wildman–Crippen LogP) is 3.87. The number of carbonyl (C=O) groups is 1. The van der Waals surface area contributed by atoms with Gasteiger partial charge in [-0.15, -0.1) is 0 Å². The van der Waals surface area contributed by atoms with Gasteiger partial charge in [-0.2, -0.15) is 0 Å². The third-order valence-corrected chi connectivity index (χ3v) is 3.37. The van der Waals surface area contributed by atoms with Gasteiger partial charge >= 0.3 is 0 Å². The van der Waals surface area contributed by atoms with Gasteiger partial charge in [0.25, 0.3) is 5.91 Å². The highest BCUT2D eigenvalue weighted by Crippen LogP contribution is 2.27. The molecular formula is C14H11BrF2N2O. The molecule has 0 aliphatic heterocycles. The van der Waals surface area contributed by atoms with Crippen LogP contribution in [0.15, 0.2) is 34.8 Å². The predicted molar refractivity (Wildman–Crippen MR) is 77.6 cm³/mol. The number of carbonyl (C=O) groups excluding carboxylic acids is 1. The fraction of sp³-hybridized carbons (Fsp3) is 0.0714. The maximum absolute atomic E-state index is 13.6. The number of nitrogens with one attached hydrogen (secondary N) is 1. The van der Waals surface area contributed by atoms with Gasteiger partial charge in [-0.25, -0.2) is 8.78 Å². The number of nitrogens with two attached hydrogens (primary N) is 1. The second-order valence-electron chi connectivity index (χ2n) is 4.27. The van der Waals surface area contributed by atoms with Gasteiger partial charge in [0.2, 0.25) is 0 Å². The Morgan fingerprint density at radius 1 is 1.25 bits per heavy atom. The Hall–Kier alpha value is -1.95. The molecule has 2 aromatic rings. The van der Waals surface area contributed by atoms with Gasteiger partial charge < -0.3 is 11.1 Å². The topological polar surface area (TPSA) is 55.1 Å². The first-order chi connectivity index (χ1) is 9.38. The van der Waals surface area contributed by atoms with Crippen LogP contribution in [-0.2, 0) is 0 Å². The highest BCUT2D eigenvalue weighted by atomic mass is 79.9. The number of benzene rings is 2. The molecule has 0 aliphatic carbocycles. The molecule has 0 radical (unpaired) electrons. The van der Waals surface area contributed by atoms with Crippen molar-refractivity contribution in [2.45, 2.75) is 6.92 Å².